The molecular weight excluding hydrogens is 597 g/mol. The Kier molecular flexibility index (Phi) is 8.33. The number of aryl methyl sites for hydroxylation is 1. The number of anilines is 3. The Morgan fingerprint density at radius 2 is 1.86 bits per heavy atom. The van der Waals surface area contributed by atoms with Crippen molar-refractivity contribution in [1.82, 2.24) is 15.0 Å². The molecule has 2 aliphatic heterocycles. The van der Waals surface area contributed by atoms with Gasteiger partial charge in [0, 0.05) is 42.9 Å². The van der Waals surface area contributed by atoms with Crippen LogP contribution in [0.25, 0.3) is 20.8 Å². The van der Waals surface area contributed by atoms with E-state index >= 15 is 0 Å². The number of thiophene rings is 1. The van der Waals surface area contributed by atoms with E-state index in [2.05, 4.69) is 54.0 Å². The number of hydrogen-bond donors (Lipinski definition) is 1. The fourth-order valence-corrected chi connectivity index (χ4v) is 8.45. The third-order valence-electron chi connectivity index (χ3n) is 8.60. The van der Waals surface area contributed by atoms with E-state index in [1.54, 1.807) is 17.5 Å². The van der Waals surface area contributed by atoms with Crippen LogP contribution in [0, 0.1) is 6.92 Å². The number of thiazole rings is 1. The van der Waals surface area contributed by atoms with Crippen LogP contribution in [0.15, 0.2) is 36.5 Å². The molecule has 0 spiro atoms. The number of hydrogen-bond acceptors (Lipinski definition) is 10. The first-order valence-electron chi connectivity index (χ1n) is 14.9. The first kappa shape index (κ1) is 30.1. The van der Waals surface area contributed by atoms with Gasteiger partial charge in [0.2, 0.25) is 0 Å². The third kappa shape index (κ3) is 6.48. The molecule has 0 bridgehead atoms. The molecule has 4 aromatic heterocycles. The summed E-state index contributed by atoms with van der Waals surface area (Å²) in [6, 6.07) is 9.94. The Balaban J connectivity index is 1.29. The van der Waals surface area contributed by atoms with Crippen molar-refractivity contribution in [2.75, 3.05) is 54.5 Å². The van der Waals surface area contributed by atoms with Crippen LogP contribution >= 0.6 is 22.7 Å². The van der Waals surface area contributed by atoms with Crippen molar-refractivity contribution >= 4 is 63.9 Å². The SMILES string of the molecule is Cc1cc(-c2ccc(C(=O)Nc3cc4sc(N5CCOCC5)nc4nc3N3CCC(O[Si](C)(C)C(C)(C)C)C3)s2)ccn1. The van der Waals surface area contributed by atoms with E-state index < -0.39 is 8.32 Å². The molecule has 0 aliphatic carbocycles. The third-order valence-corrected chi connectivity index (χ3v) is 15.3. The van der Waals surface area contributed by atoms with Crippen molar-refractivity contribution in [2.45, 2.75) is 58.4 Å². The first-order chi connectivity index (χ1) is 20.5. The van der Waals surface area contributed by atoms with Gasteiger partial charge in [0.1, 0.15) is 0 Å². The van der Waals surface area contributed by atoms with E-state index in [-0.39, 0.29) is 17.0 Å². The molecule has 43 heavy (non-hydrogen) atoms. The molecule has 6 rings (SSSR count). The number of morpholine rings is 1. The van der Waals surface area contributed by atoms with E-state index in [9.17, 15) is 4.79 Å². The van der Waals surface area contributed by atoms with Crippen molar-refractivity contribution < 1.29 is 14.0 Å². The zero-order valence-electron chi connectivity index (χ0n) is 25.8. The number of ether oxygens (including phenoxy) is 1. The lowest BCUT2D eigenvalue weighted by molar-refractivity contribution is 0.103. The second-order valence-corrected chi connectivity index (χ2v) is 19.7. The predicted octanol–water partition coefficient (Wildman–Crippen LogP) is 6.81. The van der Waals surface area contributed by atoms with Gasteiger partial charge in [-0.2, -0.15) is 4.98 Å². The lowest BCUT2D eigenvalue weighted by Crippen LogP contribution is -2.44. The van der Waals surface area contributed by atoms with Gasteiger partial charge >= 0.3 is 0 Å². The first-order valence-corrected chi connectivity index (χ1v) is 19.4. The maximum Gasteiger partial charge on any atom is 0.265 e. The molecule has 228 valence electrons. The van der Waals surface area contributed by atoms with Crippen molar-refractivity contribution in [2.24, 2.45) is 0 Å². The Hall–Kier alpha value is -2.90. The number of nitrogens with zero attached hydrogens (tertiary/aromatic N) is 5. The van der Waals surface area contributed by atoms with Crippen LogP contribution in [0.4, 0.5) is 16.6 Å². The average molecular weight is 637 g/mol. The van der Waals surface area contributed by atoms with Gasteiger partial charge in [-0.05, 0) is 67.4 Å². The van der Waals surface area contributed by atoms with Crippen LogP contribution in [0.1, 0.15) is 42.6 Å². The van der Waals surface area contributed by atoms with Gasteiger partial charge < -0.3 is 24.3 Å². The number of amides is 1. The molecule has 1 N–H and O–H groups in total. The number of rotatable bonds is 7. The minimum Gasteiger partial charge on any atom is -0.412 e. The summed E-state index contributed by atoms with van der Waals surface area (Å²) in [6.07, 6.45) is 2.86. The van der Waals surface area contributed by atoms with Crippen molar-refractivity contribution in [3.05, 3.63) is 47.1 Å². The zero-order valence-corrected chi connectivity index (χ0v) is 28.4. The number of fused-ring (bicyclic) bond motifs is 1. The largest absolute Gasteiger partial charge is 0.412 e. The van der Waals surface area contributed by atoms with Crippen LogP contribution in [-0.2, 0) is 9.16 Å². The Bertz CT molecular complexity index is 1630. The summed E-state index contributed by atoms with van der Waals surface area (Å²) in [5, 5.41) is 4.30. The monoisotopic (exact) mass is 636 g/mol. The van der Waals surface area contributed by atoms with Gasteiger partial charge in [0.15, 0.2) is 24.9 Å². The summed E-state index contributed by atoms with van der Waals surface area (Å²) < 4.78 is 13.3. The van der Waals surface area contributed by atoms with Gasteiger partial charge in [-0.1, -0.05) is 32.1 Å². The normalized spacial score (nSPS) is 18.0. The number of carbonyl (C=O) groups is 1. The minimum atomic E-state index is -1.92. The summed E-state index contributed by atoms with van der Waals surface area (Å²) >= 11 is 3.09. The van der Waals surface area contributed by atoms with Crippen LogP contribution in [0.3, 0.4) is 0 Å². The number of aromatic nitrogens is 3. The van der Waals surface area contributed by atoms with Crippen molar-refractivity contribution in [1.29, 1.82) is 0 Å². The summed E-state index contributed by atoms with van der Waals surface area (Å²) in [7, 11) is -1.92. The van der Waals surface area contributed by atoms with Gasteiger partial charge in [-0.25, -0.2) is 4.98 Å². The van der Waals surface area contributed by atoms with E-state index in [0.717, 1.165) is 64.4 Å². The molecule has 0 saturated carbocycles. The highest BCUT2D eigenvalue weighted by atomic mass is 32.1. The van der Waals surface area contributed by atoms with E-state index in [4.69, 9.17) is 19.1 Å². The molecule has 1 atom stereocenters. The molecule has 1 unspecified atom stereocenters. The van der Waals surface area contributed by atoms with Crippen LogP contribution in [0.2, 0.25) is 18.1 Å². The topological polar surface area (TPSA) is 92.7 Å². The molecule has 9 nitrogen and oxygen atoms in total. The summed E-state index contributed by atoms with van der Waals surface area (Å²) in [4.78, 5) is 34.1. The average Bonchev–Trinajstić information content (AvgIpc) is 3.72. The standard InChI is InChI=1S/C31H40N6O3S2Si/c1-20-17-21(9-11-32-20)24-7-8-25(41-24)29(38)33-23-18-26-27(35-30(42-26)36-13-15-39-16-14-36)34-28(23)37-12-10-22(19-37)40-43(5,6)31(2,3)4/h7-9,11,17-18,22H,10,12-16,19H2,1-6H3,(H,33,38). The summed E-state index contributed by atoms with van der Waals surface area (Å²) in [5.41, 5.74) is 3.42. The highest BCUT2D eigenvalue weighted by Gasteiger charge is 2.41. The van der Waals surface area contributed by atoms with E-state index in [1.807, 2.05) is 37.3 Å². The summed E-state index contributed by atoms with van der Waals surface area (Å²) in [5.74, 6) is 0.609. The zero-order chi connectivity index (χ0) is 30.4. The molecular formula is C31H40N6O3S2Si. The lowest BCUT2D eigenvalue weighted by atomic mass is 10.2. The quantitative estimate of drug-likeness (QED) is 0.221. The van der Waals surface area contributed by atoms with E-state index in [1.165, 1.54) is 11.3 Å². The Labute approximate surface area is 262 Å². The fraction of sp³-hybridized carbons (Fsp3) is 0.484. The Morgan fingerprint density at radius 3 is 2.60 bits per heavy atom. The fourth-order valence-electron chi connectivity index (χ4n) is 5.17. The molecule has 2 fully saturated rings. The molecule has 0 aromatic carbocycles. The molecule has 12 heteroatoms. The predicted molar refractivity (Wildman–Crippen MR) is 180 cm³/mol. The number of nitrogens with one attached hydrogen (secondary N) is 1. The smallest absolute Gasteiger partial charge is 0.265 e. The van der Waals surface area contributed by atoms with Crippen LogP contribution < -0.4 is 15.1 Å². The van der Waals surface area contributed by atoms with Gasteiger partial charge in [0.05, 0.1) is 34.6 Å². The minimum absolute atomic E-state index is 0.130. The Morgan fingerprint density at radius 1 is 1.07 bits per heavy atom. The molecule has 0 radical (unpaired) electrons. The van der Waals surface area contributed by atoms with Crippen LogP contribution in [-0.4, -0.2) is 74.7 Å². The summed E-state index contributed by atoms with van der Waals surface area (Å²) in [6.45, 7) is 18.0. The van der Waals surface area contributed by atoms with Gasteiger partial charge in [-0.15, -0.1) is 11.3 Å². The van der Waals surface area contributed by atoms with Gasteiger partial charge in [0.25, 0.3) is 5.91 Å². The van der Waals surface area contributed by atoms with Crippen molar-refractivity contribution in [3.63, 3.8) is 0 Å². The highest BCUT2D eigenvalue weighted by molar-refractivity contribution is 7.22. The molecule has 1 amide bonds. The van der Waals surface area contributed by atoms with Gasteiger partial charge in [-0.3, -0.25) is 9.78 Å². The number of carbonyl (C=O) groups excluding carboxylic acids is 1. The molecule has 6 heterocycles. The molecule has 4 aromatic rings. The van der Waals surface area contributed by atoms with Crippen LogP contribution in [0.5, 0.6) is 0 Å². The van der Waals surface area contributed by atoms with Crippen molar-refractivity contribution in [3.8, 4) is 10.4 Å². The highest BCUT2D eigenvalue weighted by Crippen LogP contribution is 2.40. The second kappa shape index (κ2) is 11.9. The lowest BCUT2D eigenvalue weighted by Gasteiger charge is -2.38. The maximum atomic E-state index is 13.6. The van der Waals surface area contributed by atoms with E-state index in [0.29, 0.717) is 29.4 Å². The molecule has 2 saturated heterocycles. The number of pyridine rings is 2. The molecule has 2 aliphatic rings. The second-order valence-electron chi connectivity index (χ2n) is 12.8. The maximum absolute atomic E-state index is 13.6.